The SMILES string of the molecule is [CH2]CC(C)C(C)CCCCCCCCCCCCC. The van der Waals surface area contributed by atoms with Crippen molar-refractivity contribution in [2.24, 2.45) is 11.8 Å². The van der Waals surface area contributed by atoms with Gasteiger partial charge in [-0.05, 0) is 11.8 Å². The van der Waals surface area contributed by atoms with Crippen LogP contribution in [0, 0.1) is 18.8 Å². The number of hydrogen-bond donors (Lipinski definition) is 0. The molecule has 0 aliphatic carbocycles. The molecule has 1 radical (unpaired) electrons. The molecule has 0 saturated heterocycles. The molecule has 0 heteroatoms. The molecule has 2 atom stereocenters. The number of rotatable bonds is 14. The summed E-state index contributed by atoms with van der Waals surface area (Å²) in [5.41, 5.74) is 0. The summed E-state index contributed by atoms with van der Waals surface area (Å²) in [5.74, 6) is 1.68. The first kappa shape index (κ1) is 19.0. The van der Waals surface area contributed by atoms with E-state index >= 15 is 0 Å². The van der Waals surface area contributed by atoms with Crippen molar-refractivity contribution in [2.75, 3.05) is 0 Å². The predicted molar refractivity (Wildman–Crippen MR) is 89.4 cm³/mol. The molecule has 0 spiro atoms. The molecule has 0 fully saturated rings. The molecule has 0 amide bonds. The minimum absolute atomic E-state index is 0.808. The molecule has 0 aliphatic heterocycles. The van der Waals surface area contributed by atoms with Crippen LogP contribution >= 0.6 is 0 Å². The third-order valence-electron chi connectivity index (χ3n) is 4.69. The molecule has 0 nitrogen and oxygen atoms in total. The largest absolute Gasteiger partial charge is 0.0654 e. The van der Waals surface area contributed by atoms with Crippen LogP contribution < -0.4 is 0 Å². The topological polar surface area (TPSA) is 0 Å². The highest BCUT2D eigenvalue weighted by Crippen LogP contribution is 2.21. The van der Waals surface area contributed by atoms with Crippen molar-refractivity contribution in [3.05, 3.63) is 6.92 Å². The van der Waals surface area contributed by atoms with E-state index in [1.54, 1.807) is 0 Å². The molecule has 115 valence electrons. The molecule has 0 aromatic carbocycles. The molecule has 0 aliphatic rings. The Hall–Kier alpha value is 0. The van der Waals surface area contributed by atoms with Crippen LogP contribution in [-0.2, 0) is 0 Å². The zero-order valence-electron chi connectivity index (χ0n) is 14.1. The second-order valence-corrected chi connectivity index (χ2v) is 6.57. The van der Waals surface area contributed by atoms with Crippen molar-refractivity contribution < 1.29 is 0 Å². The molecule has 0 aromatic heterocycles. The van der Waals surface area contributed by atoms with Crippen LogP contribution in [-0.4, -0.2) is 0 Å². The normalized spacial score (nSPS) is 14.5. The molecule has 0 rings (SSSR count). The van der Waals surface area contributed by atoms with Gasteiger partial charge in [0.05, 0.1) is 0 Å². The third kappa shape index (κ3) is 12.8. The van der Waals surface area contributed by atoms with Crippen LogP contribution in [0.25, 0.3) is 0 Å². The van der Waals surface area contributed by atoms with E-state index < -0.39 is 0 Å². The summed E-state index contributed by atoms with van der Waals surface area (Å²) in [6, 6.07) is 0. The van der Waals surface area contributed by atoms with Crippen molar-refractivity contribution in [1.82, 2.24) is 0 Å². The van der Waals surface area contributed by atoms with E-state index in [9.17, 15) is 0 Å². The standard InChI is InChI=1S/C19H39/c1-5-7-8-9-10-11-12-13-14-15-16-17-19(4)18(3)6-2/h18-19H,2,5-17H2,1,3-4H3. The summed E-state index contributed by atoms with van der Waals surface area (Å²) < 4.78 is 0. The summed E-state index contributed by atoms with van der Waals surface area (Å²) in [6.45, 7) is 11.0. The molecule has 0 aromatic rings. The van der Waals surface area contributed by atoms with Gasteiger partial charge in [0.15, 0.2) is 0 Å². The van der Waals surface area contributed by atoms with Crippen LogP contribution in [0.2, 0.25) is 0 Å². The first-order valence-corrected chi connectivity index (χ1v) is 9.01. The van der Waals surface area contributed by atoms with Gasteiger partial charge in [0.1, 0.15) is 0 Å². The van der Waals surface area contributed by atoms with E-state index in [-0.39, 0.29) is 0 Å². The fourth-order valence-corrected chi connectivity index (χ4v) is 2.70. The van der Waals surface area contributed by atoms with Crippen molar-refractivity contribution in [2.45, 2.75) is 104 Å². The van der Waals surface area contributed by atoms with Gasteiger partial charge in [-0.2, -0.15) is 0 Å². The Bertz CT molecular complexity index is 161. The molecular weight excluding hydrogens is 228 g/mol. The van der Waals surface area contributed by atoms with Gasteiger partial charge in [-0.15, -0.1) is 0 Å². The van der Waals surface area contributed by atoms with Crippen molar-refractivity contribution in [3.8, 4) is 0 Å². The van der Waals surface area contributed by atoms with Crippen LogP contribution in [0.4, 0.5) is 0 Å². The van der Waals surface area contributed by atoms with Gasteiger partial charge in [0.2, 0.25) is 0 Å². The molecule has 19 heavy (non-hydrogen) atoms. The predicted octanol–water partition coefficient (Wildman–Crippen LogP) is 7.18. The van der Waals surface area contributed by atoms with Crippen molar-refractivity contribution >= 4 is 0 Å². The Kier molecular flexibility index (Phi) is 14.4. The highest BCUT2D eigenvalue weighted by atomic mass is 14.1. The van der Waals surface area contributed by atoms with Gasteiger partial charge in [0, 0.05) is 0 Å². The van der Waals surface area contributed by atoms with Gasteiger partial charge in [-0.25, -0.2) is 0 Å². The monoisotopic (exact) mass is 267 g/mol. The van der Waals surface area contributed by atoms with E-state index in [0.29, 0.717) is 0 Å². The maximum Gasteiger partial charge on any atom is -0.0417 e. The Morgan fingerprint density at radius 2 is 1.05 bits per heavy atom. The zero-order valence-corrected chi connectivity index (χ0v) is 14.1. The quantitative estimate of drug-likeness (QED) is 0.292. The summed E-state index contributed by atoms with van der Waals surface area (Å²) in [6.07, 6.45) is 18.4. The van der Waals surface area contributed by atoms with Crippen LogP contribution in [0.5, 0.6) is 0 Å². The lowest BCUT2D eigenvalue weighted by Crippen LogP contribution is -2.06. The van der Waals surface area contributed by atoms with Crippen molar-refractivity contribution in [3.63, 3.8) is 0 Å². The van der Waals surface area contributed by atoms with Gasteiger partial charge >= 0.3 is 0 Å². The van der Waals surface area contributed by atoms with Crippen LogP contribution in [0.15, 0.2) is 0 Å². The van der Waals surface area contributed by atoms with Crippen LogP contribution in [0.3, 0.4) is 0 Å². The smallest absolute Gasteiger partial charge is 0.0417 e. The average molecular weight is 268 g/mol. The van der Waals surface area contributed by atoms with Gasteiger partial charge in [0.25, 0.3) is 0 Å². The van der Waals surface area contributed by atoms with Gasteiger partial charge < -0.3 is 0 Å². The van der Waals surface area contributed by atoms with Gasteiger partial charge in [-0.1, -0.05) is 111 Å². The highest BCUT2D eigenvalue weighted by Gasteiger charge is 2.08. The highest BCUT2D eigenvalue weighted by molar-refractivity contribution is 4.63. The summed E-state index contributed by atoms with van der Waals surface area (Å²) in [7, 11) is 0. The van der Waals surface area contributed by atoms with Crippen molar-refractivity contribution in [1.29, 1.82) is 0 Å². The molecular formula is C19H39. The van der Waals surface area contributed by atoms with Crippen LogP contribution in [0.1, 0.15) is 104 Å². The summed E-state index contributed by atoms with van der Waals surface area (Å²) in [4.78, 5) is 0. The lowest BCUT2D eigenvalue weighted by molar-refractivity contribution is 0.352. The molecule has 0 heterocycles. The van der Waals surface area contributed by atoms with E-state index in [1.165, 1.54) is 77.0 Å². The van der Waals surface area contributed by atoms with E-state index in [2.05, 4.69) is 27.7 Å². The minimum Gasteiger partial charge on any atom is -0.0654 e. The molecule has 0 N–H and O–H groups in total. The minimum atomic E-state index is 0.808. The maximum atomic E-state index is 4.01. The molecule has 0 saturated carbocycles. The number of unbranched alkanes of at least 4 members (excludes halogenated alkanes) is 10. The first-order chi connectivity index (χ1) is 9.22. The first-order valence-electron chi connectivity index (χ1n) is 9.01. The Labute approximate surface area is 123 Å². The molecule has 2 unspecified atom stereocenters. The van der Waals surface area contributed by atoms with E-state index in [4.69, 9.17) is 0 Å². The summed E-state index contributed by atoms with van der Waals surface area (Å²) in [5, 5.41) is 0. The lowest BCUT2D eigenvalue weighted by atomic mass is 9.89. The fourth-order valence-electron chi connectivity index (χ4n) is 2.70. The fraction of sp³-hybridized carbons (Fsp3) is 0.947. The molecule has 0 bridgehead atoms. The second kappa shape index (κ2) is 14.4. The second-order valence-electron chi connectivity index (χ2n) is 6.57. The third-order valence-corrected chi connectivity index (χ3v) is 4.69. The lowest BCUT2D eigenvalue weighted by Gasteiger charge is -2.17. The van der Waals surface area contributed by atoms with E-state index in [0.717, 1.165) is 18.3 Å². The Morgan fingerprint density at radius 1 is 0.632 bits per heavy atom. The Balaban J connectivity index is 3.10. The number of hydrogen-bond acceptors (Lipinski definition) is 0. The maximum absolute atomic E-state index is 4.01. The Morgan fingerprint density at radius 3 is 1.47 bits per heavy atom. The average Bonchev–Trinajstić information content (AvgIpc) is 2.43. The summed E-state index contributed by atoms with van der Waals surface area (Å²) >= 11 is 0. The van der Waals surface area contributed by atoms with Gasteiger partial charge in [-0.3, -0.25) is 0 Å². The zero-order chi connectivity index (χ0) is 14.3. The van der Waals surface area contributed by atoms with E-state index in [1.807, 2.05) is 0 Å².